The van der Waals surface area contributed by atoms with Crippen LogP contribution in [0.15, 0.2) is 0 Å². The summed E-state index contributed by atoms with van der Waals surface area (Å²) in [5.74, 6) is 0.360. The van der Waals surface area contributed by atoms with E-state index >= 15 is 0 Å². The lowest BCUT2D eigenvalue weighted by molar-refractivity contribution is -0.141. The van der Waals surface area contributed by atoms with Gasteiger partial charge in [-0.05, 0) is 55.3 Å². The highest BCUT2D eigenvalue weighted by atomic mass is 16.2. The van der Waals surface area contributed by atoms with Crippen LogP contribution in [-0.4, -0.2) is 35.7 Å². The second kappa shape index (κ2) is 8.96. The van der Waals surface area contributed by atoms with Gasteiger partial charge >= 0.3 is 0 Å². The van der Waals surface area contributed by atoms with E-state index < -0.39 is 0 Å². The number of hydrogen-bond donors (Lipinski definition) is 1. The summed E-state index contributed by atoms with van der Waals surface area (Å²) < 4.78 is 0. The van der Waals surface area contributed by atoms with Gasteiger partial charge in [0.2, 0.25) is 17.7 Å². The molecule has 1 heterocycles. The predicted octanol–water partition coefficient (Wildman–Crippen LogP) is 4.16. The van der Waals surface area contributed by atoms with Gasteiger partial charge in [0.05, 0.1) is 5.92 Å². The number of carbonyl (C=O) groups is 3. The van der Waals surface area contributed by atoms with Crippen LogP contribution in [0.3, 0.4) is 0 Å². The van der Waals surface area contributed by atoms with Gasteiger partial charge in [0.1, 0.15) is 0 Å². The molecule has 1 atom stereocenters. The van der Waals surface area contributed by atoms with E-state index in [9.17, 15) is 14.4 Å². The van der Waals surface area contributed by atoms with Crippen molar-refractivity contribution in [3.05, 3.63) is 0 Å². The second-order valence-electron chi connectivity index (χ2n) is 11.1. The van der Waals surface area contributed by atoms with Crippen LogP contribution in [0.2, 0.25) is 0 Å². The Morgan fingerprint density at radius 2 is 1.64 bits per heavy atom. The molecule has 28 heavy (non-hydrogen) atoms. The predicted molar refractivity (Wildman–Crippen MR) is 111 cm³/mol. The van der Waals surface area contributed by atoms with Crippen LogP contribution < -0.4 is 5.32 Å². The molecule has 160 valence electrons. The molecule has 2 rings (SSSR count). The number of imide groups is 1. The molecule has 0 aromatic carbocycles. The van der Waals surface area contributed by atoms with E-state index in [-0.39, 0.29) is 35.0 Å². The van der Waals surface area contributed by atoms with E-state index in [1.807, 2.05) is 20.8 Å². The molecule has 0 aromatic rings. The number of hydrogen-bond acceptors (Lipinski definition) is 3. The Labute approximate surface area is 171 Å². The van der Waals surface area contributed by atoms with Crippen molar-refractivity contribution in [3.8, 4) is 0 Å². The summed E-state index contributed by atoms with van der Waals surface area (Å²) in [7, 11) is 0. The molecule has 3 amide bonds. The molecule has 5 heteroatoms. The van der Waals surface area contributed by atoms with Crippen molar-refractivity contribution in [1.29, 1.82) is 0 Å². The van der Waals surface area contributed by atoms with Gasteiger partial charge in [-0.2, -0.15) is 0 Å². The molecule has 2 aliphatic rings. The Balaban J connectivity index is 1.74. The van der Waals surface area contributed by atoms with Crippen LogP contribution in [0.4, 0.5) is 0 Å². The molecule has 1 saturated carbocycles. The van der Waals surface area contributed by atoms with Gasteiger partial charge in [-0.1, -0.05) is 41.5 Å². The number of rotatable bonds is 6. The molecule has 0 spiro atoms. The van der Waals surface area contributed by atoms with Gasteiger partial charge < -0.3 is 5.32 Å². The van der Waals surface area contributed by atoms with Crippen molar-refractivity contribution < 1.29 is 14.4 Å². The Hall–Kier alpha value is -1.39. The molecule has 0 bridgehead atoms. The molecule has 5 nitrogen and oxygen atoms in total. The summed E-state index contributed by atoms with van der Waals surface area (Å²) >= 11 is 0. The van der Waals surface area contributed by atoms with Gasteiger partial charge in [-0.15, -0.1) is 0 Å². The fourth-order valence-electron chi connectivity index (χ4n) is 4.39. The Morgan fingerprint density at radius 1 is 1.04 bits per heavy atom. The fraction of sp³-hybridized carbons (Fsp3) is 0.870. The van der Waals surface area contributed by atoms with E-state index in [0.29, 0.717) is 24.3 Å². The van der Waals surface area contributed by atoms with E-state index in [1.165, 1.54) is 4.90 Å². The van der Waals surface area contributed by atoms with Gasteiger partial charge in [-0.25, -0.2) is 0 Å². The molecule has 1 aliphatic carbocycles. The number of amides is 3. The number of nitrogens with one attached hydrogen (secondary N) is 1. The fourth-order valence-corrected chi connectivity index (χ4v) is 4.39. The third-order valence-electron chi connectivity index (χ3n) is 6.35. The molecule has 1 unspecified atom stereocenters. The van der Waals surface area contributed by atoms with Gasteiger partial charge in [0.15, 0.2) is 0 Å². The first-order valence-corrected chi connectivity index (χ1v) is 11.0. The van der Waals surface area contributed by atoms with Crippen molar-refractivity contribution in [1.82, 2.24) is 10.2 Å². The Morgan fingerprint density at radius 3 is 2.14 bits per heavy atom. The highest BCUT2D eigenvalue weighted by molar-refractivity contribution is 6.03. The Bertz CT molecular complexity index is 578. The van der Waals surface area contributed by atoms with E-state index in [1.54, 1.807) is 0 Å². The normalized spacial score (nSPS) is 26.6. The zero-order valence-corrected chi connectivity index (χ0v) is 18.8. The third-order valence-corrected chi connectivity index (χ3v) is 6.35. The minimum Gasteiger partial charge on any atom is -0.356 e. The van der Waals surface area contributed by atoms with Crippen molar-refractivity contribution >= 4 is 17.7 Å². The highest BCUT2D eigenvalue weighted by Gasteiger charge is 2.45. The minimum atomic E-state index is -0.199. The van der Waals surface area contributed by atoms with Crippen molar-refractivity contribution in [2.75, 3.05) is 13.1 Å². The number of nitrogens with zero attached hydrogens (tertiary/aromatic N) is 1. The number of likely N-dealkylation sites (tertiary alicyclic amines) is 1. The molecule has 0 radical (unpaired) electrons. The van der Waals surface area contributed by atoms with E-state index in [4.69, 9.17) is 0 Å². The second-order valence-corrected chi connectivity index (χ2v) is 11.1. The Kier molecular flexibility index (Phi) is 7.33. The van der Waals surface area contributed by atoms with Crippen LogP contribution in [0, 0.1) is 28.6 Å². The molecule has 1 N–H and O–H groups in total. The van der Waals surface area contributed by atoms with E-state index in [2.05, 4.69) is 26.1 Å². The quantitative estimate of drug-likeness (QED) is 0.545. The largest absolute Gasteiger partial charge is 0.356 e. The molecular formula is C23H40N2O3. The zero-order chi connectivity index (χ0) is 21.1. The van der Waals surface area contributed by atoms with Crippen LogP contribution in [0.25, 0.3) is 0 Å². The summed E-state index contributed by atoms with van der Waals surface area (Å²) in [5, 5.41) is 3.09. The first kappa shape index (κ1) is 22.9. The average molecular weight is 393 g/mol. The smallest absolute Gasteiger partial charge is 0.233 e. The van der Waals surface area contributed by atoms with Crippen LogP contribution in [0.1, 0.15) is 86.5 Å². The first-order valence-electron chi connectivity index (χ1n) is 11.0. The third kappa shape index (κ3) is 6.31. The SMILES string of the molecule is CC(C)(C)CCCNC(=O)C1CCC(CN2C(=O)CC(C(C)(C)C)C2=O)CC1. The minimum absolute atomic E-state index is 0.00350. The maximum atomic E-state index is 12.7. The van der Waals surface area contributed by atoms with Crippen LogP contribution >= 0.6 is 0 Å². The lowest BCUT2D eigenvalue weighted by Gasteiger charge is -2.31. The summed E-state index contributed by atoms with van der Waals surface area (Å²) in [6.07, 6.45) is 6.00. The number of carbonyl (C=O) groups excluding carboxylic acids is 3. The topological polar surface area (TPSA) is 66.5 Å². The van der Waals surface area contributed by atoms with Crippen molar-refractivity contribution in [3.63, 3.8) is 0 Å². The first-order chi connectivity index (χ1) is 12.9. The maximum Gasteiger partial charge on any atom is 0.233 e. The van der Waals surface area contributed by atoms with Crippen molar-refractivity contribution in [2.24, 2.45) is 28.6 Å². The highest BCUT2D eigenvalue weighted by Crippen LogP contribution is 2.37. The summed E-state index contributed by atoms with van der Waals surface area (Å²) in [6.45, 7) is 14.0. The zero-order valence-electron chi connectivity index (χ0n) is 18.8. The van der Waals surface area contributed by atoms with E-state index in [0.717, 1.165) is 45.1 Å². The molecule has 2 fully saturated rings. The van der Waals surface area contributed by atoms with Crippen LogP contribution in [-0.2, 0) is 14.4 Å². The molecule has 1 saturated heterocycles. The van der Waals surface area contributed by atoms with Gasteiger partial charge in [0.25, 0.3) is 0 Å². The lowest BCUT2D eigenvalue weighted by atomic mass is 9.79. The standard InChI is InChI=1S/C23H40N2O3/c1-22(2,3)12-7-13-24-20(27)17-10-8-16(9-11-17)15-25-19(26)14-18(21(25)28)23(4,5)6/h16-18H,7-15H2,1-6H3,(H,24,27). The molecule has 0 aromatic heterocycles. The summed E-state index contributed by atoms with van der Waals surface area (Å²) in [5.41, 5.74) is 0.128. The monoisotopic (exact) mass is 392 g/mol. The van der Waals surface area contributed by atoms with Gasteiger partial charge in [0, 0.05) is 25.4 Å². The molecule has 1 aliphatic heterocycles. The molecular weight excluding hydrogens is 352 g/mol. The summed E-state index contributed by atoms with van der Waals surface area (Å²) in [6, 6.07) is 0. The lowest BCUT2D eigenvalue weighted by Crippen LogP contribution is -2.39. The van der Waals surface area contributed by atoms with Gasteiger partial charge in [-0.3, -0.25) is 19.3 Å². The van der Waals surface area contributed by atoms with Crippen molar-refractivity contribution in [2.45, 2.75) is 86.5 Å². The maximum absolute atomic E-state index is 12.7. The van der Waals surface area contributed by atoms with Crippen LogP contribution in [0.5, 0.6) is 0 Å². The summed E-state index contributed by atoms with van der Waals surface area (Å²) in [4.78, 5) is 38.9. The average Bonchev–Trinajstić information content (AvgIpc) is 2.86.